The molecule has 0 spiro atoms. The molecule has 0 aliphatic rings. The fourth-order valence-corrected chi connectivity index (χ4v) is 2.27. The molecule has 14 heavy (non-hydrogen) atoms. The van der Waals surface area contributed by atoms with Gasteiger partial charge in [0.2, 0.25) is 0 Å². The van der Waals surface area contributed by atoms with Crippen LogP contribution in [0.5, 0.6) is 0 Å². The van der Waals surface area contributed by atoms with E-state index in [1.54, 1.807) is 11.3 Å². The van der Waals surface area contributed by atoms with Gasteiger partial charge in [-0.15, -0.1) is 11.3 Å². The SMILES string of the molecule is NCc1cc(-c2cccc(Cl)c2)cs1. The predicted molar refractivity (Wildman–Crippen MR) is 62.7 cm³/mol. The molecule has 0 atom stereocenters. The summed E-state index contributed by atoms with van der Waals surface area (Å²) in [7, 11) is 0. The first-order valence-corrected chi connectivity index (χ1v) is 5.59. The van der Waals surface area contributed by atoms with Crippen LogP contribution in [0, 0.1) is 0 Å². The molecular formula is C11H10ClNS. The molecule has 0 saturated carbocycles. The van der Waals surface area contributed by atoms with Crippen molar-refractivity contribution in [2.75, 3.05) is 0 Å². The molecule has 0 aliphatic heterocycles. The Kier molecular flexibility index (Phi) is 2.87. The standard InChI is InChI=1S/C11H10ClNS/c12-10-3-1-2-8(4-10)9-5-11(6-13)14-7-9/h1-5,7H,6,13H2. The smallest absolute Gasteiger partial charge is 0.0412 e. The highest BCUT2D eigenvalue weighted by Gasteiger charge is 2.01. The summed E-state index contributed by atoms with van der Waals surface area (Å²) in [5, 5.41) is 2.87. The summed E-state index contributed by atoms with van der Waals surface area (Å²) in [6, 6.07) is 9.95. The largest absolute Gasteiger partial charge is 0.326 e. The van der Waals surface area contributed by atoms with Crippen LogP contribution in [0.1, 0.15) is 4.88 Å². The maximum atomic E-state index is 5.91. The zero-order valence-electron chi connectivity index (χ0n) is 7.53. The van der Waals surface area contributed by atoms with Crippen LogP contribution in [0.2, 0.25) is 5.02 Å². The lowest BCUT2D eigenvalue weighted by molar-refractivity contribution is 1.11. The molecule has 2 rings (SSSR count). The Bertz CT molecular complexity index is 436. The average Bonchev–Trinajstić information content (AvgIpc) is 2.66. The van der Waals surface area contributed by atoms with E-state index in [4.69, 9.17) is 17.3 Å². The molecule has 0 amide bonds. The molecule has 1 nitrogen and oxygen atoms in total. The van der Waals surface area contributed by atoms with Crippen LogP contribution in [0.4, 0.5) is 0 Å². The molecule has 1 aromatic carbocycles. The number of nitrogens with two attached hydrogens (primary N) is 1. The molecule has 1 aromatic heterocycles. The minimum atomic E-state index is 0.602. The van der Waals surface area contributed by atoms with Crippen LogP contribution in [0.3, 0.4) is 0 Å². The van der Waals surface area contributed by atoms with Crippen LogP contribution in [-0.2, 0) is 6.54 Å². The van der Waals surface area contributed by atoms with E-state index >= 15 is 0 Å². The Morgan fingerprint density at radius 2 is 2.07 bits per heavy atom. The monoisotopic (exact) mass is 223 g/mol. The van der Waals surface area contributed by atoms with Crippen molar-refractivity contribution in [2.24, 2.45) is 5.73 Å². The third-order valence-electron chi connectivity index (χ3n) is 2.01. The van der Waals surface area contributed by atoms with E-state index in [9.17, 15) is 0 Å². The van der Waals surface area contributed by atoms with Crippen molar-refractivity contribution in [3.63, 3.8) is 0 Å². The van der Waals surface area contributed by atoms with Crippen LogP contribution >= 0.6 is 22.9 Å². The summed E-state index contributed by atoms with van der Waals surface area (Å²) < 4.78 is 0. The summed E-state index contributed by atoms with van der Waals surface area (Å²) in [6.45, 7) is 0.602. The molecule has 0 aliphatic carbocycles. The zero-order valence-corrected chi connectivity index (χ0v) is 9.11. The number of benzene rings is 1. The van der Waals surface area contributed by atoms with Crippen molar-refractivity contribution >= 4 is 22.9 Å². The van der Waals surface area contributed by atoms with Crippen LogP contribution in [0.25, 0.3) is 11.1 Å². The van der Waals surface area contributed by atoms with E-state index in [2.05, 4.69) is 11.4 Å². The van der Waals surface area contributed by atoms with Crippen molar-refractivity contribution in [1.82, 2.24) is 0 Å². The van der Waals surface area contributed by atoms with Crippen molar-refractivity contribution in [3.05, 3.63) is 45.6 Å². The molecule has 0 radical (unpaired) electrons. The second-order valence-corrected chi connectivity index (χ2v) is 4.45. The van der Waals surface area contributed by atoms with Crippen LogP contribution < -0.4 is 5.73 Å². The van der Waals surface area contributed by atoms with Gasteiger partial charge in [0.25, 0.3) is 0 Å². The van der Waals surface area contributed by atoms with Crippen LogP contribution in [0.15, 0.2) is 35.7 Å². The van der Waals surface area contributed by atoms with E-state index in [-0.39, 0.29) is 0 Å². The Hall–Kier alpha value is -0.830. The van der Waals surface area contributed by atoms with Crippen LogP contribution in [-0.4, -0.2) is 0 Å². The van der Waals surface area contributed by atoms with Gasteiger partial charge in [-0.1, -0.05) is 23.7 Å². The molecule has 0 bridgehead atoms. The van der Waals surface area contributed by atoms with Gasteiger partial charge < -0.3 is 5.73 Å². The number of halogens is 1. The summed E-state index contributed by atoms with van der Waals surface area (Å²) in [5.74, 6) is 0. The van der Waals surface area contributed by atoms with Gasteiger partial charge in [0, 0.05) is 16.4 Å². The fraction of sp³-hybridized carbons (Fsp3) is 0.0909. The molecule has 0 fully saturated rings. The van der Waals surface area contributed by atoms with Gasteiger partial charge in [-0.3, -0.25) is 0 Å². The third kappa shape index (κ3) is 1.98. The summed E-state index contributed by atoms with van der Waals surface area (Å²) >= 11 is 7.60. The Morgan fingerprint density at radius 3 is 2.71 bits per heavy atom. The van der Waals surface area contributed by atoms with Gasteiger partial charge in [-0.2, -0.15) is 0 Å². The molecule has 2 aromatic rings. The lowest BCUT2D eigenvalue weighted by atomic mass is 10.1. The van der Waals surface area contributed by atoms with Crippen molar-refractivity contribution < 1.29 is 0 Å². The normalized spacial score (nSPS) is 10.4. The maximum Gasteiger partial charge on any atom is 0.0412 e. The first-order valence-electron chi connectivity index (χ1n) is 4.33. The number of hydrogen-bond acceptors (Lipinski definition) is 2. The Labute approximate surface area is 92.1 Å². The zero-order chi connectivity index (χ0) is 9.97. The van der Waals surface area contributed by atoms with Crippen molar-refractivity contribution in [1.29, 1.82) is 0 Å². The van der Waals surface area contributed by atoms with Gasteiger partial charge in [-0.25, -0.2) is 0 Å². The van der Waals surface area contributed by atoms with E-state index in [1.807, 2.05) is 24.3 Å². The van der Waals surface area contributed by atoms with E-state index in [0.29, 0.717) is 6.54 Å². The molecular weight excluding hydrogens is 214 g/mol. The quantitative estimate of drug-likeness (QED) is 0.828. The highest BCUT2D eigenvalue weighted by atomic mass is 35.5. The maximum absolute atomic E-state index is 5.91. The van der Waals surface area contributed by atoms with E-state index < -0.39 is 0 Å². The van der Waals surface area contributed by atoms with E-state index in [1.165, 1.54) is 10.4 Å². The first-order chi connectivity index (χ1) is 6.79. The van der Waals surface area contributed by atoms with Gasteiger partial charge >= 0.3 is 0 Å². The highest BCUT2D eigenvalue weighted by molar-refractivity contribution is 7.10. The lowest BCUT2D eigenvalue weighted by Crippen LogP contribution is -1.91. The number of hydrogen-bond donors (Lipinski definition) is 1. The molecule has 1 heterocycles. The molecule has 3 heteroatoms. The number of thiophene rings is 1. The summed E-state index contributed by atoms with van der Waals surface area (Å²) in [5.41, 5.74) is 7.89. The number of rotatable bonds is 2. The van der Waals surface area contributed by atoms with Gasteiger partial charge in [0.1, 0.15) is 0 Å². The second kappa shape index (κ2) is 4.13. The van der Waals surface area contributed by atoms with Gasteiger partial charge in [0.15, 0.2) is 0 Å². The van der Waals surface area contributed by atoms with Gasteiger partial charge in [0.05, 0.1) is 0 Å². The topological polar surface area (TPSA) is 26.0 Å². The Morgan fingerprint density at radius 1 is 1.21 bits per heavy atom. The molecule has 0 unspecified atom stereocenters. The molecule has 0 saturated heterocycles. The second-order valence-electron chi connectivity index (χ2n) is 3.02. The minimum Gasteiger partial charge on any atom is -0.326 e. The fourth-order valence-electron chi connectivity index (χ4n) is 1.31. The highest BCUT2D eigenvalue weighted by Crippen LogP contribution is 2.27. The lowest BCUT2D eigenvalue weighted by Gasteiger charge is -1.97. The van der Waals surface area contributed by atoms with E-state index in [0.717, 1.165) is 10.6 Å². The Balaban J connectivity index is 2.39. The predicted octanol–water partition coefficient (Wildman–Crippen LogP) is 3.53. The molecule has 2 N–H and O–H groups in total. The summed E-state index contributed by atoms with van der Waals surface area (Å²) in [4.78, 5) is 1.19. The molecule has 72 valence electrons. The first kappa shape index (κ1) is 9.71. The summed E-state index contributed by atoms with van der Waals surface area (Å²) in [6.07, 6.45) is 0. The minimum absolute atomic E-state index is 0.602. The van der Waals surface area contributed by atoms with Crippen molar-refractivity contribution in [2.45, 2.75) is 6.54 Å². The average molecular weight is 224 g/mol. The van der Waals surface area contributed by atoms with Crippen molar-refractivity contribution in [3.8, 4) is 11.1 Å². The third-order valence-corrected chi connectivity index (χ3v) is 3.21. The van der Waals surface area contributed by atoms with Gasteiger partial charge in [-0.05, 0) is 34.7 Å².